The van der Waals surface area contributed by atoms with Gasteiger partial charge in [0.25, 0.3) is 0 Å². The Hall–Kier alpha value is -1.44. The molecule has 0 amide bonds. The van der Waals surface area contributed by atoms with E-state index in [1.54, 1.807) is 0 Å². The maximum atomic E-state index is 8.00. The van der Waals surface area contributed by atoms with Gasteiger partial charge in [-0.3, -0.25) is 0 Å². The Morgan fingerprint density at radius 3 is 1.06 bits per heavy atom. The molecule has 16 heavy (non-hydrogen) atoms. The molecule has 92 valence electrons. The summed E-state index contributed by atoms with van der Waals surface area (Å²) < 4.78 is 0. The van der Waals surface area contributed by atoms with Crippen LogP contribution in [0.15, 0.2) is 24.3 Å². The monoisotopic (exact) mass is 224 g/mol. The largest absolute Gasteiger partial charge is 0.307 e. The van der Waals surface area contributed by atoms with E-state index in [1.165, 1.54) is 24.0 Å². The molecule has 0 aliphatic carbocycles. The highest BCUT2D eigenvalue weighted by molar-refractivity contribution is 5.19. The van der Waals surface area contributed by atoms with Gasteiger partial charge in [-0.15, -0.1) is 0 Å². The molecule has 0 fully saturated rings. The van der Waals surface area contributed by atoms with Gasteiger partial charge in [0.05, 0.1) is 0 Å². The Bertz CT molecular complexity index is 192. The van der Waals surface area contributed by atoms with Crippen LogP contribution in [0.2, 0.25) is 0 Å². The Morgan fingerprint density at radius 1 is 0.750 bits per heavy atom. The number of carbonyl (C=O) groups is 2. The molecular formula is C14H24O2. The van der Waals surface area contributed by atoms with E-state index in [2.05, 4.69) is 52.0 Å². The van der Waals surface area contributed by atoms with Crippen molar-refractivity contribution in [3.63, 3.8) is 0 Å². The van der Waals surface area contributed by atoms with E-state index >= 15 is 0 Å². The van der Waals surface area contributed by atoms with Crippen molar-refractivity contribution in [2.75, 3.05) is 0 Å². The van der Waals surface area contributed by atoms with Gasteiger partial charge in [0, 0.05) is 0 Å². The quantitative estimate of drug-likeness (QED) is 0.728. The van der Waals surface area contributed by atoms with Crippen molar-refractivity contribution in [2.45, 2.75) is 40.5 Å². The average molecular weight is 224 g/mol. The van der Waals surface area contributed by atoms with Gasteiger partial charge in [-0.25, -0.2) is 0 Å². The molecule has 1 aromatic carbocycles. The van der Waals surface area contributed by atoms with Gasteiger partial charge in [-0.05, 0) is 13.8 Å². The van der Waals surface area contributed by atoms with Gasteiger partial charge in [0.1, 0.15) is 13.6 Å². The first-order valence-corrected chi connectivity index (χ1v) is 5.31. The van der Waals surface area contributed by atoms with Crippen LogP contribution in [-0.2, 0) is 9.59 Å². The lowest BCUT2D eigenvalue weighted by Crippen LogP contribution is -1.70. The zero-order valence-corrected chi connectivity index (χ0v) is 11.0. The fraction of sp³-hybridized carbons (Fsp3) is 0.429. The van der Waals surface area contributed by atoms with Crippen LogP contribution in [0, 0.1) is 13.8 Å². The lowest BCUT2D eigenvalue weighted by Gasteiger charge is -1.90. The Labute approximate surface area is 99.7 Å². The van der Waals surface area contributed by atoms with Gasteiger partial charge < -0.3 is 9.59 Å². The lowest BCUT2D eigenvalue weighted by atomic mass is 10.2. The zero-order valence-electron chi connectivity index (χ0n) is 11.0. The number of aryl methyl sites for hydroxylation is 2. The van der Waals surface area contributed by atoms with E-state index in [1.807, 2.05) is 13.6 Å². The van der Waals surface area contributed by atoms with Gasteiger partial charge in [0.15, 0.2) is 0 Å². The maximum Gasteiger partial charge on any atom is 0.106 e. The molecule has 0 spiro atoms. The van der Waals surface area contributed by atoms with Crippen LogP contribution in [0.5, 0.6) is 0 Å². The van der Waals surface area contributed by atoms with Crippen molar-refractivity contribution < 1.29 is 9.59 Å². The van der Waals surface area contributed by atoms with Gasteiger partial charge >= 0.3 is 0 Å². The number of hydrogen-bond donors (Lipinski definition) is 0. The van der Waals surface area contributed by atoms with Crippen molar-refractivity contribution in [3.8, 4) is 0 Å². The van der Waals surface area contributed by atoms with Crippen molar-refractivity contribution in [2.24, 2.45) is 0 Å². The summed E-state index contributed by atoms with van der Waals surface area (Å²) in [6, 6.07) is 8.48. The van der Waals surface area contributed by atoms with E-state index in [4.69, 9.17) is 9.59 Å². The number of unbranched alkanes of at least 4 members (excludes halogenated alkanes) is 1. The van der Waals surface area contributed by atoms with Crippen LogP contribution in [0.4, 0.5) is 0 Å². The molecule has 0 heterocycles. The van der Waals surface area contributed by atoms with E-state index in [0.717, 1.165) is 0 Å². The van der Waals surface area contributed by atoms with Crippen molar-refractivity contribution in [1.82, 2.24) is 0 Å². The van der Waals surface area contributed by atoms with Crippen LogP contribution in [0.3, 0.4) is 0 Å². The van der Waals surface area contributed by atoms with E-state index in [0.29, 0.717) is 0 Å². The first-order chi connectivity index (χ1) is 7.70. The number of rotatable bonds is 1. The van der Waals surface area contributed by atoms with E-state index in [9.17, 15) is 0 Å². The standard InChI is InChI=1S/C8H10.C4H10.2CH2O/c1-7-3-5-8(2)6-4-7;1-3-4-2;2*1-2/h3-6H,1-2H3;3-4H2,1-2H3;2*1H2. The molecule has 1 rings (SSSR count). The van der Waals surface area contributed by atoms with Crippen molar-refractivity contribution in [1.29, 1.82) is 0 Å². The first-order valence-electron chi connectivity index (χ1n) is 5.31. The molecule has 0 aliphatic heterocycles. The Morgan fingerprint density at radius 2 is 0.938 bits per heavy atom. The molecule has 0 N–H and O–H groups in total. The Balaban J connectivity index is -0.000000181. The topological polar surface area (TPSA) is 34.1 Å². The summed E-state index contributed by atoms with van der Waals surface area (Å²) >= 11 is 0. The molecule has 2 heteroatoms. The molecule has 0 aliphatic rings. The van der Waals surface area contributed by atoms with Crippen molar-refractivity contribution >= 4 is 13.6 Å². The lowest BCUT2D eigenvalue weighted by molar-refractivity contribution is -0.0987. The predicted molar refractivity (Wildman–Crippen MR) is 70.7 cm³/mol. The Kier molecular flexibility index (Phi) is 24.0. The van der Waals surface area contributed by atoms with Crippen LogP contribution in [0.1, 0.15) is 37.8 Å². The second-order valence-corrected chi connectivity index (χ2v) is 3.15. The normalized spacial score (nSPS) is 7.00. The number of carbonyl (C=O) groups excluding carboxylic acids is 2. The van der Waals surface area contributed by atoms with E-state index in [-0.39, 0.29) is 0 Å². The average Bonchev–Trinajstić information content (AvgIpc) is 2.38. The molecule has 1 aromatic rings. The third-order valence-corrected chi connectivity index (χ3v) is 1.72. The van der Waals surface area contributed by atoms with Crippen molar-refractivity contribution in [3.05, 3.63) is 35.4 Å². The molecule has 0 bridgehead atoms. The minimum Gasteiger partial charge on any atom is -0.307 e. The highest BCUT2D eigenvalue weighted by Gasteiger charge is 1.79. The molecule has 0 saturated heterocycles. The summed E-state index contributed by atoms with van der Waals surface area (Å²) in [7, 11) is 0. The third-order valence-electron chi connectivity index (χ3n) is 1.72. The smallest absolute Gasteiger partial charge is 0.106 e. The zero-order chi connectivity index (χ0) is 13.4. The number of hydrogen-bond acceptors (Lipinski definition) is 2. The summed E-state index contributed by atoms with van der Waals surface area (Å²) in [5.41, 5.74) is 2.66. The molecule has 0 aromatic heterocycles. The number of benzene rings is 1. The third kappa shape index (κ3) is 18.4. The van der Waals surface area contributed by atoms with Gasteiger partial charge in [-0.2, -0.15) is 0 Å². The molecule has 0 radical (unpaired) electrons. The fourth-order valence-electron chi connectivity index (χ4n) is 0.637. The van der Waals surface area contributed by atoms with E-state index < -0.39 is 0 Å². The van der Waals surface area contributed by atoms with Gasteiger partial charge in [-0.1, -0.05) is 62.1 Å². The molecule has 0 unspecified atom stereocenters. The second-order valence-electron chi connectivity index (χ2n) is 3.15. The molecule has 0 atom stereocenters. The summed E-state index contributed by atoms with van der Waals surface area (Å²) in [6.45, 7) is 12.6. The fourth-order valence-corrected chi connectivity index (χ4v) is 0.637. The molecular weight excluding hydrogens is 200 g/mol. The highest BCUT2D eigenvalue weighted by atomic mass is 16.1. The first kappa shape index (κ1) is 20.0. The predicted octanol–water partition coefficient (Wildman–Crippen LogP) is 3.74. The van der Waals surface area contributed by atoms with Crippen LogP contribution in [0.25, 0.3) is 0 Å². The SMILES string of the molecule is C=O.C=O.CCCC.Cc1ccc(C)cc1. The second kappa shape index (κ2) is 19.2. The molecule has 2 nitrogen and oxygen atoms in total. The summed E-state index contributed by atoms with van der Waals surface area (Å²) in [5.74, 6) is 0. The summed E-state index contributed by atoms with van der Waals surface area (Å²) in [5, 5.41) is 0. The minimum absolute atomic E-state index is 1.32. The minimum atomic E-state index is 1.32. The molecule has 0 saturated carbocycles. The summed E-state index contributed by atoms with van der Waals surface area (Å²) in [6.07, 6.45) is 2.64. The van der Waals surface area contributed by atoms with Crippen LogP contribution < -0.4 is 0 Å². The van der Waals surface area contributed by atoms with Crippen LogP contribution >= 0.6 is 0 Å². The van der Waals surface area contributed by atoms with Crippen LogP contribution in [-0.4, -0.2) is 13.6 Å². The maximum absolute atomic E-state index is 8.00. The highest BCUT2D eigenvalue weighted by Crippen LogP contribution is 1.99. The van der Waals surface area contributed by atoms with Gasteiger partial charge in [0.2, 0.25) is 0 Å². The summed E-state index contributed by atoms with van der Waals surface area (Å²) in [4.78, 5) is 16.0.